The Morgan fingerprint density at radius 1 is 1.36 bits per heavy atom. The zero-order valence-electron chi connectivity index (χ0n) is 13.4. The molecular weight excluding hydrogens is 276 g/mol. The molecule has 1 aliphatic rings. The van der Waals surface area contributed by atoms with Gasteiger partial charge in [0.2, 0.25) is 11.8 Å². The predicted molar refractivity (Wildman–Crippen MR) is 87.0 cm³/mol. The van der Waals surface area contributed by atoms with Crippen molar-refractivity contribution in [2.45, 2.75) is 46.2 Å². The van der Waals surface area contributed by atoms with Crippen LogP contribution in [-0.4, -0.2) is 23.3 Å². The normalized spacial score (nSPS) is 15.3. The van der Waals surface area contributed by atoms with Gasteiger partial charge in [-0.05, 0) is 30.9 Å². The summed E-state index contributed by atoms with van der Waals surface area (Å²) in [7, 11) is 0. The summed E-state index contributed by atoms with van der Waals surface area (Å²) in [4.78, 5) is 25.3. The second kappa shape index (κ2) is 7.78. The number of hydrogen-bond acceptors (Lipinski definition) is 2. The first-order valence-corrected chi connectivity index (χ1v) is 7.89. The average Bonchev–Trinajstić information content (AvgIpc) is 2.90. The number of likely N-dealkylation sites (tertiary alicyclic amines) is 1. The van der Waals surface area contributed by atoms with Gasteiger partial charge in [-0.1, -0.05) is 36.8 Å². The van der Waals surface area contributed by atoms with Crippen LogP contribution in [0.1, 0.15) is 44.2 Å². The third-order valence-corrected chi connectivity index (χ3v) is 3.94. The molecule has 22 heavy (non-hydrogen) atoms. The van der Waals surface area contributed by atoms with E-state index in [2.05, 4.69) is 11.4 Å². The molecule has 0 spiro atoms. The molecule has 4 nitrogen and oxygen atoms in total. The maximum absolute atomic E-state index is 11.8. The Kier molecular flexibility index (Phi) is 5.75. The van der Waals surface area contributed by atoms with E-state index in [4.69, 9.17) is 0 Å². The fourth-order valence-electron chi connectivity index (χ4n) is 2.50. The minimum Gasteiger partial charge on any atom is -0.348 e. The summed E-state index contributed by atoms with van der Waals surface area (Å²) >= 11 is 0. The number of carbonyl (C=O) groups is 2. The molecule has 0 unspecified atom stereocenters. The highest BCUT2D eigenvalue weighted by atomic mass is 16.2. The Balaban J connectivity index is 1.91. The first-order chi connectivity index (χ1) is 10.6. The summed E-state index contributed by atoms with van der Waals surface area (Å²) in [6.45, 7) is 6.00. The van der Waals surface area contributed by atoms with Crippen molar-refractivity contribution >= 4 is 11.8 Å². The lowest BCUT2D eigenvalue weighted by molar-refractivity contribution is -0.128. The largest absolute Gasteiger partial charge is 0.348 e. The van der Waals surface area contributed by atoms with E-state index >= 15 is 0 Å². The van der Waals surface area contributed by atoms with E-state index in [9.17, 15) is 9.59 Å². The average molecular weight is 300 g/mol. The molecule has 118 valence electrons. The number of nitrogens with one attached hydrogen (secondary N) is 1. The summed E-state index contributed by atoms with van der Waals surface area (Å²) in [6, 6.07) is 8.05. The van der Waals surface area contributed by atoms with E-state index in [1.807, 2.05) is 36.9 Å². The smallest absolute Gasteiger partial charge is 0.244 e. The molecule has 0 aromatic heterocycles. The van der Waals surface area contributed by atoms with Crippen LogP contribution in [0, 0.1) is 0 Å². The summed E-state index contributed by atoms with van der Waals surface area (Å²) < 4.78 is 0. The third kappa shape index (κ3) is 4.72. The van der Waals surface area contributed by atoms with Gasteiger partial charge >= 0.3 is 0 Å². The van der Waals surface area contributed by atoms with Crippen LogP contribution in [-0.2, 0) is 22.7 Å². The van der Waals surface area contributed by atoms with E-state index < -0.39 is 0 Å². The molecule has 2 rings (SSSR count). The van der Waals surface area contributed by atoms with Gasteiger partial charge in [0, 0.05) is 32.1 Å². The van der Waals surface area contributed by atoms with Crippen molar-refractivity contribution < 1.29 is 9.59 Å². The topological polar surface area (TPSA) is 49.4 Å². The minimum absolute atomic E-state index is 0.0560. The second-order valence-electron chi connectivity index (χ2n) is 5.80. The molecule has 1 saturated heterocycles. The van der Waals surface area contributed by atoms with E-state index in [1.54, 1.807) is 6.08 Å². The Bertz CT molecular complexity index is 578. The molecule has 1 aromatic rings. The predicted octanol–water partition coefficient (Wildman–Crippen LogP) is 2.78. The molecule has 0 radical (unpaired) electrons. The maximum atomic E-state index is 11.8. The Morgan fingerprint density at radius 3 is 2.82 bits per heavy atom. The van der Waals surface area contributed by atoms with Gasteiger partial charge in [-0.3, -0.25) is 9.59 Å². The number of nitrogens with zero attached hydrogens (tertiary/aromatic N) is 1. The highest BCUT2D eigenvalue weighted by Gasteiger charge is 2.19. The van der Waals surface area contributed by atoms with Crippen LogP contribution < -0.4 is 5.32 Å². The fourth-order valence-corrected chi connectivity index (χ4v) is 2.50. The van der Waals surface area contributed by atoms with Crippen LogP contribution in [0.5, 0.6) is 0 Å². The van der Waals surface area contributed by atoms with Crippen molar-refractivity contribution in [1.82, 2.24) is 10.2 Å². The summed E-state index contributed by atoms with van der Waals surface area (Å²) in [6.07, 6.45) is 4.15. The molecule has 2 amide bonds. The Labute approximate surface area is 132 Å². The molecule has 1 aromatic carbocycles. The zero-order chi connectivity index (χ0) is 15.9. The van der Waals surface area contributed by atoms with Gasteiger partial charge in [0.25, 0.3) is 0 Å². The van der Waals surface area contributed by atoms with Crippen molar-refractivity contribution in [1.29, 1.82) is 0 Å². The van der Waals surface area contributed by atoms with Crippen LogP contribution in [0.25, 0.3) is 0 Å². The van der Waals surface area contributed by atoms with Crippen molar-refractivity contribution in [2.75, 3.05) is 6.54 Å². The van der Waals surface area contributed by atoms with E-state index in [-0.39, 0.29) is 11.8 Å². The maximum Gasteiger partial charge on any atom is 0.244 e. The summed E-state index contributed by atoms with van der Waals surface area (Å²) in [5.74, 6) is 0.179. The lowest BCUT2D eigenvalue weighted by Gasteiger charge is -2.16. The number of rotatable bonds is 6. The first-order valence-electron chi connectivity index (χ1n) is 7.89. The molecule has 0 aliphatic carbocycles. The minimum atomic E-state index is -0.0560. The first kappa shape index (κ1) is 16.3. The van der Waals surface area contributed by atoms with Gasteiger partial charge in [0.15, 0.2) is 0 Å². The summed E-state index contributed by atoms with van der Waals surface area (Å²) in [5.41, 5.74) is 3.24. The Morgan fingerprint density at radius 2 is 2.14 bits per heavy atom. The van der Waals surface area contributed by atoms with Gasteiger partial charge in [0.1, 0.15) is 0 Å². The second-order valence-corrected chi connectivity index (χ2v) is 5.80. The van der Waals surface area contributed by atoms with Gasteiger partial charge in [0.05, 0.1) is 0 Å². The van der Waals surface area contributed by atoms with Gasteiger partial charge < -0.3 is 10.2 Å². The fraction of sp³-hybridized carbons (Fsp3) is 0.444. The number of allylic oxidation sites excluding steroid dienone is 1. The van der Waals surface area contributed by atoms with Crippen LogP contribution in [0.2, 0.25) is 0 Å². The summed E-state index contributed by atoms with van der Waals surface area (Å²) in [5, 5.41) is 2.90. The highest BCUT2D eigenvalue weighted by Crippen LogP contribution is 2.15. The van der Waals surface area contributed by atoms with E-state index in [0.717, 1.165) is 36.1 Å². The molecule has 1 fully saturated rings. The molecule has 0 atom stereocenters. The quantitative estimate of drug-likeness (QED) is 0.821. The number of hydrogen-bond donors (Lipinski definition) is 1. The molecule has 4 heteroatoms. The van der Waals surface area contributed by atoms with Crippen molar-refractivity contribution in [2.24, 2.45) is 0 Å². The molecule has 1 N–H and O–H groups in total. The molecule has 1 aliphatic heterocycles. The van der Waals surface area contributed by atoms with Crippen molar-refractivity contribution in [3.05, 3.63) is 47.0 Å². The third-order valence-electron chi connectivity index (χ3n) is 3.94. The Hall–Kier alpha value is -2.10. The van der Waals surface area contributed by atoms with Crippen LogP contribution in [0.4, 0.5) is 0 Å². The number of carbonyl (C=O) groups excluding carboxylic acids is 2. The monoisotopic (exact) mass is 300 g/mol. The SMILES string of the molecule is CCC(C)=CC(=O)NCc1cccc(CN2CCCC2=O)c1. The van der Waals surface area contributed by atoms with Gasteiger partial charge in [-0.15, -0.1) is 0 Å². The van der Waals surface area contributed by atoms with E-state index in [0.29, 0.717) is 19.5 Å². The van der Waals surface area contributed by atoms with E-state index in [1.165, 1.54) is 0 Å². The molecular formula is C18H24N2O2. The van der Waals surface area contributed by atoms with Crippen molar-refractivity contribution in [3.8, 4) is 0 Å². The lowest BCUT2D eigenvalue weighted by atomic mass is 10.1. The number of benzene rings is 1. The van der Waals surface area contributed by atoms with Gasteiger partial charge in [-0.25, -0.2) is 0 Å². The van der Waals surface area contributed by atoms with Crippen LogP contribution in [0.15, 0.2) is 35.9 Å². The van der Waals surface area contributed by atoms with Crippen LogP contribution >= 0.6 is 0 Å². The molecule has 0 saturated carbocycles. The van der Waals surface area contributed by atoms with Crippen molar-refractivity contribution in [3.63, 3.8) is 0 Å². The highest BCUT2D eigenvalue weighted by molar-refractivity contribution is 5.88. The lowest BCUT2D eigenvalue weighted by Crippen LogP contribution is -2.24. The molecule has 0 bridgehead atoms. The number of amides is 2. The zero-order valence-corrected chi connectivity index (χ0v) is 13.4. The van der Waals surface area contributed by atoms with Gasteiger partial charge in [-0.2, -0.15) is 0 Å². The standard InChI is InChI=1S/C18H24N2O2/c1-3-14(2)10-17(21)19-12-15-6-4-7-16(11-15)13-20-9-5-8-18(20)22/h4,6-7,10-11H,3,5,8-9,12-13H2,1-2H3,(H,19,21). The molecule has 1 heterocycles. The van der Waals surface area contributed by atoms with Crippen LogP contribution in [0.3, 0.4) is 0 Å².